The Labute approximate surface area is 124 Å². The summed E-state index contributed by atoms with van der Waals surface area (Å²) in [5, 5.41) is 6.41. The second-order valence-electron chi connectivity index (χ2n) is 5.22. The fourth-order valence-electron chi connectivity index (χ4n) is 2.00. The summed E-state index contributed by atoms with van der Waals surface area (Å²) in [5.74, 6) is 0.964. The zero-order valence-corrected chi connectivity index (χ0v) is 12.8. The van der Waals surface area contributed by atoms with Crippen LogP contribution >= 0.6 is 11.8 Å². The minimum Gasteiger partial charge on any atom is -0.379 e. The van der Waals surface area contributed by atoms with E-state index in [0.717, 1.165) is 24.5 Å². The summed E-state index contributed by atoms with van der Waals surface area (Å²) < 4.78 is 5.24. The van der Waals surface area contributed by atoms with Gasteiger partial charge in [-0.25, -0.2) is 4.79 Å². The van der Waals surface area contributed by atoms with E-state index in [1.807, 2.05) is 30.0 Å². The molecule has 1 heterocycles. The third-order valence-electron chi connectivity index (χ3n) is 3.03. The zero-order valence-electron chi connectivity index (χ0n) is 12.0. The summed E-state index contributed by atoms with van der Waals surface area (Å²) in [6.45, 7) is 5.71. The number of anilines is 1. The van der Waals surface area contributed by atoms with Crippen molar-refractivity contribution in [2.24, 2.45) is 0 Å². The van der Waals surface area contributed by atoms with Gasteiger partial charge in [-0.15, -0.1) is 0 Å². The van der Waals surface area contributed by atoms with E-state index in [1.165, 1.54) is 5.56 Å². The Morgan fingerprint density at radius 2 is 2.35 bits per heavy atom. The van der Waals surface area contributed by atoms with Crippen LogP contribution < -0.4 is 10.6 Å². The third kappa shape index (κ3) is 5.06. The van der Waals surface area contributed by atoms with Crippen LogP contribution in [0.15, 0.2) is 24.3 Å². The normalized spacial score (nSPS) is 18.2. The quantitative estimate of drug-likeness (QED) is 0.876. The molecule has 1 aromatic rings. The summed E-state index contributed by atoms with van der Waals surface area (Å²) in [6.07, 6.45) is 0.887. The van der Waals surface area contributed by atoms with Crippen LogP contribution in [0, 0.1) is 0 Å². The van der Waals surface area contributed by atoms with Crippen LogP contribution in [0.5, 0.6) is 0 Å². The molecule has 0 aliphatic carbocycles. The highest BCUT2D eigenvalue weighted by atomic mass is 32.2. The molecule has 2 N–H and O–H groups in total. The van der Waals surface area contributed by atoms with Crippen LogP contribution in [-0.4, -0.2) is 30.5 Å². The molecule has 2 rings (SSSR count). The van der Waals surface area contributed by atoms with Crippen LogP contribution in [0.3, 0.4) is 0 Å². The van der Waals surface area contributed by atoms with Crippen molar-refractivity contribution in [2.75, 3.05) is 18.5 Å². The Hall–Kier alpha value is -1.20. The first-order valence-electron chi connectivity index (χ1n) is 6.99. The van der Waals surface area contributed by atoms with Gasteiger partial charge >= 0.3 is 6.03 Å². The number of urea groups is 1. The van der Waals surface area contributed by atoms with Gasteiger partial charge in [0.1, 0.15) is 0 Å². The standard InChI is InChI=1S/C15H22N2O2S/c1-11(2)20-10-12-4-3-5-13(8-12)16-15(18)17-14-6-7-19-9-14/h3-5,8,11,14H,6-7,9-10H2,1-2H3,(H2,16,17,18). The highest BCUT2D eigenvalue weighted by Crippen LogP contribution is 2.19. The fourth-order valence-corrected chi connectivity index (χ4v) is 2.71. The van der Waals surface area contributed by atoms with Gasteiger partial charge in [-0.2, -0.15) is 11.8 Å². The average molecular weight is 294 g/mol. The molecule has 1 saturated heterocycles. The van der Waals surface area contributed by atoms with Crippen molar-refractivity contribution < 1.29 is 9.53 Å². The highest BCUT2D eigenvalue weighted by molar-refractivity contribution is 7.99. The van der Waals surface area contributed by atoms with Gasteiger partial charge in [-0.1, -0.05) is 26.0 Å². The van der Waals surface area contributed by atoms with Crippen molar-refractivity contribution >= 4 is 23.5 Å². The maximum absolute atomic E-state index is 11.9. The molecule has 0 radical (unpaired) electrons. The van der Waals surface area contributed by atoms with E-state index in [0.29, 0.717) is 11.9 Å². The Morgan fingerprint density at radius 3 is 3.05 bits per heavy atom. The van der Waals surface area contributed by atoms with Gasteiger partial charge in [0.05, 0.1) is 12.6 Å². The molecule has 1 aliphatic heterocycles. The lowest BCUT2D eigenvalue weighted by Crippen LogP contribution is -2.38. The van der Waals surface area contributed by atoms with E-state index in [-0.39, 0.29) is 12.1 Å². The third-order valence-corrected chi connectivity index (χ3v) is 4.20. The summed E-state index contributed by atoms with van der Waals surface area (Å²) >= 11 is 1.89. The number of benzene rings is 1. The van der Waals surface area contributed by atoms with Crippen LogP contribution in [0.1, 0.15) is 25.8 Å². The molecule has 0 spiro atoms. The van der Waals surface area contributed by atoms with E-state index in [2.05, 4.69) is 30.5 Å². The molecule has 5 heteroatoms. The highest BCUT2D eigenvalue weighted by Gasteiger charge is 2.17. The molecule has 0 bridgehead atoms. The molecular weight excluding hydrogens is 272 g/mol. The van der Waals surface area contributed by atoms with Crippen molar-refractivity contribution in [1.82, 2.24) is 5.32 Å². The average Bonchev–Trinajstić information content (AvgIpc) is 2.89. The van der Waals surface area contributed by atoms with Gasteiger partial charge in [-0.05, 0) is 29.4 Å². The summed E-state index contributed by atoms with van der Waals surface area (Å²) in [5.41, 5.74) is 2.06. The molecular formula is C15H22N2O2S. The maximum atomic E-state index is 11.9. The Balaban J connectivity index is 1.85. The predicted octanol–water partition coefficient (Wildman–Crippen LogP) is 3.24. The van der Waals surface area contributed by atoms with Crippen LogP contribution in [0.2, 0.25) is 0 Å². The van der Waals surface area contributed by atoms with E-state index < -0.39 is 0 Å². The molecule has 1 aromatic carbocycles. The molecule has 1 fully saturated rings. The number of carbonyl (C=O) groups is 1. The van der Waals surface area contributed by atoms with Crippen molar-refractivity contribution in [3.8, 4) is 0 Å². The molecule has 1 unspecified atom stereocenters. The van der Waals surface area contributed by atoms with Gasteiger partial charge in [0.2, 0.25) is 0 Å². The molecule has 0 aromatic heterocycles. The molecule has 110 valence electrons. The van der Waals surface area contributed by atoms with Gasteiger partial charge in [-0.3, -0.25) is 0 Å². The second kappa shape index (κ2) is 7.55. The number of nitrogens with one attached hydrogen (secondary N) is 2. The lowest BCUT2D eigenvalue weighted by Gasteiger charge is -2.12. The minimum atomic E-state index is -0.158. The van der Waals surface area contributed by atoms with Gasteiger partial charge < -0.3 is 15.4 Å². The number of carbonyl (C=O) groups excluding carboxylic acids is 1. The first kappa shape index (κ1) is 15.2. The maximum Gasteiger partial charge on any atom is 0.319 e. The lowest BCUT2D eigenvalue weighted by atomic mass is 10.2. The number of ether oxygens (including phenoxy) is 1. The molecule has 0 saturated carbocycles. The van der Waals surface area contributed by atoms with Gasteiger partial charge in [0, 0.05) is 18.0 Å². The summed E-state index contributed by atoms with van der Waals surface area (Å²) in [4.78, 5) is 11.9. The number of hydrogen-bond donors (Lipinski definition) is 2. The Bertz CT molecular complexity index is 445. The monoisotopic (exact) mass is 294 g/mol. The Morgan fingerprint density at radius 1 is 1.50 bits per heavy atom. The van der Waals surface area contributed by atoms with Crippen molar-refractivity contribution in [3.05, 3.63) is 29.8 Å². The molecule has 2 amide bonds. The first-order chi connectivity index (χ1) is 9.63. The Kier molecular flexibility index (Phi) is 5.73. The van der Waals surface area contributed by atoms with Crippen molar-refractivity contribution in [3.63, 3.8) is 0 Å². The zero-order chi connectivity index (χ0) is 14.4. The second-order valence-corrected chi connectivity index (χ2v) is 6.78. The molecule has 4 nitrogen and oxygen atoms in total. The van der Waals surface area contributed by atoms with Crippen LogP contribution in [0.25, 0.3) is 0 Å². The molecule has 1 atom stereocenters. The van der Waals surface area contributed by atoms with E-state index in [9.17, 15) is 4.79 Å². The van der Waals surface area contributed by atoms with E-state index >= 15 is 0 Å². The summed E-state index contributed by atoms with van der Waals surface area (Å²) in [6, 6.07) is 7.98. The smallest absolute Gasteiger partial charge is 0.319 e. The van der Waals surface area contributed by atoms with E-state index in [4.69, 9.17) is 4.74 Å². The fraction of sp³-hybridized carbons (Fsp3) is 0.533. The van der Waals surface area contributed by atoms with Gasteiger partial charge in [0.25, 0.3) is 0 Å². The number of rotatable bonds is 5. The SMILES string of the molecule is CC(C)SCc1cccc(NC(=O)NC2CCOC2)c1. The summed E-state index contributed by atoms with van der Waals surface area (Å²) in [7, 11) is 0. The molecule has 20 heavy (non-hydrogen) atoms. The lowest BCUT2D eigenvalue weighted by molar-refractivity contribution is 0.189. The van der Waals surface area contributed by atoms with Crippen LogP contribution in [0.4, 0.5) is 10.5 Å². The number of hydrogen-bond acceptors (Lipinski definition) is 3. The van der Waals surface area contributed by atoms with Gasteiger partial charge in [0.15, 0.2) is 0 Å². The first-order valence-corrected chi connectivity index (χ1v) is 8.04. The van der Waals surface area contributed by atoms with E-state index in [1.54, 1.807) is 0 Å². The topological polar surface area (TPSA) is 50.4 Å². The predicted molar refractivity (Wildman–Crippen MR) is 84.3 cm³/mol. The number of amides is 2. The minimum absolute atomic E-state index is 0.134. The molecule has 1 aliphatic rings. The number of thioether (sulfide) groups is 1. The van der Waals surface area contributed by atoms with Crippen LogP contribution in [-0.2, 0) is 10.5 Å². The largest absolute Gasteiger partial charge is 0.379 e. The van der Waals surface area contributed by atoms with Crippen molar-refractivity contribution in [2.45, 2.75) is 37.3 Å². The van der Waals surface area contributed by atoms with Crippen molar-refractivity contribution in [1.29, 1.82) is 0 Å².